The summed E-state index contributed by atoms with van der Waals surface area (Å²) in [6.45, 7) is 1.88. The van der Waals surface area contributed by atoms with Crippen molar-refractivity contribution in [1.82, 2.24) is 0 Å². The average molecular weight is 292 g/mol. The van der Waals surface area contributed by atoms with Gasteiger partial charge in [-0.1, -0.05) is 24.3 Å². The number of benzene rings is 2. The lowest BCUT2D eigenvalue weighted by Gasteiger charge is -2.11. The predicted octanol–water partition coefficient (Wildman–Crippen LogP) is 3.37. The number of hydrogen-bond acceptors (Lipinski definition) is 3. The van der Waals surface area contributed by atoms with Gasteiger partial charge in [0.25, 0.3) is 0 Å². The van der Waals surface area contributed by atoms with Crippen LogP contribution in [0.1, 0.15) is 34.5 Å². The van der Waals surface area contributed by atoms with Crippen LogP contribution >= 0.6 is 12.4 Å². The maximum atomic E-state index is 12.5. The van der Waals surface area contributed by atoms with Gasteiger partial charge in [-0.05, 0) is 36.8 Å². The van der Waals surface area contributed by atoms with Gasteiger partial charge in [-0.3, -0.25) is 4.79 Å². The third-order valence-electron chi connectivity index (χ3n) is 3.05. The maximum absolute atomic E-state index is 12.5. The van der Waals surface area contributed by atoms with Gasteiger partial charge < -0.3 is 10.5 Å². The van der Waals surface area contributed by atoms with Gasteiger partial charge in [-0.15, -0.1) is 12.4 Å². The van der Waals surface area contributed by atoms with Crippen LogP contribution in [0.15, 0.2) is 48.5 Å². The summed E-state index contributed by atoms with van der Waals surface area (Å²) >= 11 is 0. The van der Waals surface area contributed by atoms with E-state index in [0.717, 1.165) is 11.3 Å². The molecule has 0 fully saturated rings. The number of methoxy groups -OCH3 is 1. The molecule has 0 heterocycles. The monoisotopic (exact) mass is 291 g/mol. The normalized spacial score (nSPS) is 11.3. The molecular formula is C16H18ClNO2. The van der Waals surface area contributed by atoms with Crippen molar-refractivity contribution >= 4 is 18.2 Å². The number of carbonyl (C=O) groups excluding carboxylic acids is 1. The lowest BCUT2D eigenvalue weighted by molar-refractivity contribution is 0.103. The van der Waals surface area contributed by atoms with E-state index in [-0.39, 0.29) is 24.2 Å². The average Bonchev–Trinajstić information content (AvgIpc) is 2.46. The van der Waals surface area contributed by atoms with Crippen molar-refractivity contribution < 1.29 is 9.53 Å². The molecule has 0 saturated carbocycles. The fourth-order valence-corrected chi connectivity index (χ4v) is 2.00. The number of ketones is 1. The van der Waals surface area contributed by atoms with E-state index in [1.807, 2.05) is 31.2 Å². The minimum atomic E-state index is -0.168. The molecule has 0 aliphatic heterocycles. The molecule has 106 valence electrons. The van der Waals surface area contributed by atoms with Gasteiger partial charge in [-0.2, -0.15) is 0 Å². The molecule has 3 nitrogen and oxygen atoms in total. The van der Waals surface area contributed by atoms with Crippen LogP contribution in [-0.2, 0) is 0 Å². The molecule has 2 aromatic carbocycles. The minimum absolute atomic E-state index is 0. The van der Waals surface area contributed by atoms with Crippen LogP contribution in [0.4, 0.5) is 0 Å². The molecule has 2 rings (SSSR count). The van der Waals surface area contributed by atoms with Crippen LogP contribution in [0, 0.1) is 0 Å². The van der Waals surface area contributed by atoms with E-state index < -0.39 is 0 Å². The molecule has 20 heavy (non-hydrogen) atoms. The smallest absolute Gasteiger partial charge is 0.193 e. The van der Waals surface area contributed by atoms with Crippen LogP contribution in [0.5, 0.6) is 5.75 Å². The Morgan fingerprint density at radius 1 is 1.10 bits per heavy atom. The second kappa shape index (κ2) is 7.08. The zero-order valence-electron chi connectivity index (χ0n) is 11.5. The highest BCUT2D eigenvalue weighted by Gasteiger charge is 2.15. The molecule has 0 aliphatic carbocycles. The van der Waals surface area contributed by atoms with Crippen molar-refractivity contribution in [2.24, 2.45) is 5.73 Å². The Bertz CT molecular complexity index is 579. The Balaban J connectivity index is 0.00000200. The van der Waals surface area contributed by atoms with Crippen molar-refractivity contribution in [3.8, 4) is 5.75 Å². The topological polar surface area (TPSA) is 52.3 Å². The van der Waals surface area contributed by atoms with Crippen molar-refractivity contribution in [3.05, 3.63) is 65.2 Å². The Morgan fingerprint density at radius 2 is 1.70 bits per heavy atom. The summed E-state index contributed by atoms with van der Waals surface area (Å²) in [5, 5.41) is 0. The van der Waals surface area contributed by atoms with Gasteiger partial charge in [-0.25, -0.2) is 0 Å². The maximum Gasteiger partial charge on any atom is 0.193 e. The van der Waals surface area contributed by atoms with Crippen molar-refractivity contribution in [2.45, 2.75) is 13.0 Å². The van der Waals surface area contributed by atoms with E-state index in [1.54, 1.807) is 31.4 Å². The van der Waals surface area contributed by atoms with Crippen LogP contribution < -0.4 is 10.5 Å². The van der Waals surface area contributed by atoms with E-state index in [0.29, 0.717) is 11.1 Å². The van der Waals surface area contributed by atoms with Gasteiger partial charge in [0.2, 0.25) is 0 Å². The summed E-state index contributed by atoms with van der Waals surface area (Å²) in [7, 11) is 1.60. The quantitative estimate of drug-likeness (QED) is 0.879. The molecule has 0 bridgehead atoms. The molecule has 0 radical (unpaired) electrons. The summed E-state index contributed by atoms with van der Waals surface area (Å²) in [6, 6.07) is 14.4. The number of halogens is 1. The molecule has 2 N–H and O–H groups in total. The first-order valence-corrected chi connectivity index (χ1v) is 6.16. The lowest BCUT2D eigenvalue weighted by Crippen LogP contribution is -2.12. The van der Waals surface area contributed by atoms with Crippen LogP contribution in [0.3, 0.4) is 0 Å². The summed E-state index contributed by atoms with van der Waals surface area (Å²) in [5.41, 5.74) is 8.06. The molecule has 0 saturated heterocycles. The minimum Gasteiger partial charge on any atom is -0.497 e. The lowest BCUT2D eigenvalue weighted by atomic mass is 9.95. The van der Waals surface area contributed by atoms with E-state index >= 15 is 0 Å². The summed E-state index contributed by atoms with van der Waals surface area (Å²) in [5.74, 6) is 0.715. The van der Waals surface area contributed by atoms with E-state index in [9.17, 15) is 4.79 Å². The Morgan fingerprint density at radius 3 is 2.25 bits per heavy atom. The fourth-order valence-electron chi connectivity index (χ4n) is 2.00. The molecule has 2 aromatic rings. The zero-order chi connectivity index (χ0) is 13.8. The Labute approximate surface area is 125 Å². The highest BCUT2D eigenvalue weighted by atomic mass is 35.5. The Kier molecular flexibility index (Phi) is 5.74. The molecule has 0 amide bonds. The van der Waals surface area contributed by atoms with E-state index in [1.165, 1.54) is 0 Å². The van der Waals surface area contributed by atoms with Crippen LogP contribution in [0.25, 0.3) is 0 Å². The number of carbonyl (C=O) groups is 1. The number of ether oxygens (including phenoxy) is 1. The second-order valence-electron chi connectivity index (χ2n) is 4.43. The first-order chi connectivity index (χ1) is 9.13. The largest absolute Gasteiger partial charge is 0.497 e. The van der Waals surface area contributed by atoms with E-state index in [4.69, 9.17) is 10.5 Å². The molecule has 0 unspecified atom stereocenters. The third kappa shape index (κ3) is 3.38. The van der Waals surface area contributed by atoms with Crippen molar-refractivity contribution in [3.63, 3.8) is 0 Å². The molecule has 4 heteroatoms. The summed E-state index contributed by atoms with van der Waals surface area (Å²) in [4.78, 5) is 12.5. The first-order valence-electron chi connectivity index (χ1n) is 6.16. The molecule has 1 atom stereocenters. The molecule has 0 aromatic heterocycles. The van der Waals surface area contributed by atoms with Crippen molar-refractivity contribution in [1.29, 1.82) is 0 Å². The Hall–Kier alpha value is -1.84. The van der Waals surface area contributed by atoms with Gasteiger partial charge in [0, 0.05) is 17.2 Å². The standard InChI is InChI=1S/C16H17NO2.ClH/c1-11(17)14-5-3-4-6-15(14)16(18)12-7-9-13(19-2)10-8-12;/h3-11H,17H2,1-2H3;1H/t11-;/m1./s1. The van der Waals surface area contributed by atoms with Gasteiger partial charge in [0.1, 0.15) is 5.75 Å². The van der Waals surface area contributed by atoms with Crippen molar-refractivity contribution in [2.75, 3.05) is 7.11 Å². The highest BCUT2D eigenvalue weighted by Crippen LogP contribution is 2.20. The first kappa shape index (κ1) is 16.2. The fraction of sp³-hybridized carbons (Fsp3) is 0.188. The zero-order valence-corrected chi connectivity index (χ0v) is 12.3. The van der Waals surface area contributed by atoms with Gasteiger partial charge >= 0.3 is 0 Å². The SMILES string of the molecule is COc1ccc(C(=O)c2ccccc2[C@@H](C)N)cc1.Cl. The number of rotatable bonds is 4. The van der Waals surface area contributed by atoms with E-state index in [2.05, 4.69) is 0 Å². The predicted molar refractivity (Wildman–Crippen MR) is 82.7 cm³/mol. The van der Waals surface area contributed by atoms with Gasteiger partial charge in [0.05, 0.1) is 7.11 Å². The second-order valence-corrected chi connectivity index (χ2v) is 4.43. The van der Waals surface area contributed by atoms with Gasteiger partial charge in [0.15, 0.2) is 5.78 Å². The number of nitrogens with two attached hydrogens (primary N) is 1. The third-order valence-corrected chi connectivity index (χ3v) is 3.05. The molecule has 0 spiro atoms. The highest BCUT2D eigenvalue weighted by molar-refractivity contribution is 6.10. The summed E-state index contributed by atoms with van der Waals surface area (Å²) < 4.78 is 5.09. The molecule has 0 aliphatic rings. The van der Waals surface area contributed by atoms with Crippen LogP contribution in [-0.4, -0.2) is 12.9 Å². The summed E-state index contributed by atoms with van der Waals surface area (Å²) in [6.07, 6.45) is 0. The molecular weight excluding hydrogens is 274 g/mol. The van der Waals surface area contributed by atoms with Crippen LogP contribution in [0.2, 0.25) is 0 Å². The number of hydrogen-bond donors (Lipinski definition) is 1.